The van der Waals surface area contributed by atoms with Gasteiger partial charge in [0.2, 0.25) is 0 Å². The first kappa shape index (κ1) is 17.4. The molecule has 0 bridgehead atoms. The second-order valence-electron chi connectivity index (χ2n) is 5.20. The van der Waals surface area contributed by atoms with Crippen molar-refractivity contribution >= 4 is 27.1 Å². The van der Waals surface area contributed by atoms with Crippen LogP contribution in [0.5, 0.6) is 0 Å². The van der Waals surface area contributed by atoms with E-state index in [0.29, 0.717) is 5.56 Å². The molecule has 1 atom stereocenters. The van der Waals surface area contributed by atoms with Gasteiger partial charge in [-0.3, -0.25) is 4.79 Å². The molecule has 0 aliphatic carbocycles. The van der Waals surface area contributed by atoms with Crippen molar-refractivity contribution in [3.63, 3.8) is 0 Å². The standard InChI is InChI=1S/C17H14FNO4S2/c18-13-7-5-12(6-8-13)15(25(21,22)16-4-2-10-24-16)11-19-17(20)14-3-1-9-23-14/h1-10,15H,11H2,(H,19,20)/t15-/m0/s1. The van der Waals surface area contributed by atoms with Crippen LogP contribution in [0.25, 0.3) is 0 Å². The Morgan fingerprint density at radius 2 is 1.92 bits per heavy atom. The van der Waals surface area contributed by atoms with E-state index in [0.717, 1.165) is 11.3 Å². The van der Waals surface area contributed by atoms with E-state index >= 15 is 0 Å². The highest BCUT2D eigenvalue weighted by Crippen LogP contribution is 2.31. The molecule has 0 fully saturated rings. The number of sulfone groups is 1. The maximum absolute atomic E-state index is 13.2. The van der Waals surface area contributed by atoms with Gasteiger partial charge in [-0.05, 0) is 41.3 Å². The van der Waals surface area contributed by atoms with Crippen molar-refractivity contribution < 1.29 is 22.0 Å². The zero-order valence-electron chi connectivity index (χ0n) is 12.9. The van der Waals surface area contributed by atoms with Gasteiger partial charge in [0.05, 0.1) is 6.26 Å². The first-order chi connectivity index (χ1) is 12.0. The van der Waals surface area contributed by atoms with E-state index in [9.17, 15) is 17.6 Å². The summed E-state index contributed by atoms with van der Waals surface area (Å²) < 4.78 is 44.2. The number of hydrogen-bond acceptors (Lipinski definition) is 5. The average Bonchev–Trinajstić information content (AvgIpc) is 3.30. The summed E-state index contributed by atoms with van der Waals surface area (Å²) in [5.74, 6) is -0.888. The normalized spacial score (nSPS) is 12.7. The van der Waals surface area contributed by atoms with Crippen molar-refractivity contribution in [2.45, 2.75) is 9.46 Å². The molecule has 1 amide bonds. The van der Waals surface area contributed by atoms with Crippen LogP contribution in [0, 0.1) is 5.82 Å². The average molecular weight is 379 g/mol. The summed E-state index contributed by atoms with van der Waals surface area (Å²) in [6.45, 7) is -0.161. The molecule has 3 aromatic rings. The first-order valence-electron chi connectivity index (χ1n) is 7.33. The number of furan rings is 1. The Bertz CT molecular complexity index is 933. The van der Waals surface area contributed by atoms with Crippen LogP contribution in [0.1, 0.15) is 21.4 Å². The van der Waals surface area contributed by atoms with E-state index in [1.165, 1.54) is 42.7 Å². The van der Waals surface area contributed by atoms with Crippen LogP contribution in [0.2, 0.25) is 0 Å². The van der Waals surface area contributed by atoms with E-state index in [1.807, 2.05) is 0 Å². The van der Waals surface area contributed by atoms with Gasteiger partial charge >= 0.3 is 0 Å². The van der Waals surface area contributed by atoms with Gasteiger partial charge in [-0.25, -0.2) is 12.8 Å². The molecule has 0 aliphatic rings. The Kier molecular flexibility index (Phi) is 5.00. The summed E-state index contributed by atoms with van der Waals surface area (Å²) in [5.41, 5.74) is 0.398. The molecule has 8 heteroatoms. The van der Waals surface area contributed by atoms with Crippen molar-refractivity contribution in [1.29, 1.82) is 0 Å². The Hall–Kier alpha value is -2.45. The fourth-order valence-corrected chi connectivity index (χ4v) is 5.20. The highest BCUT2D eigenvalue weighted by Gasteiger charge is 2.30. The maximum Gasteiger partial charge on any atom is 0.287 e. The van der Waals surface area contributed by atoms with Gasteiger partial charge in [0.1, 0.15) is 15.3 Å². The monoisotopic (exact) mass is 379 g/mol. The zero-order valence-corrected chi connectivity index (χ0v) is 14.5. The van der Waals surface area contributed by atoms with Gasteiger partial charge in [0, 0.05) is 6.54 Å². The Labute approximate surface area is 148 Å². The molecule has 1 aromatic carbocycles. The van der Waals surface area contributed by atoms with Crippen LogP contribution in [0.3, 0.4) is 0 Å². The van der Waals surface area contributed by atoms with Crippen LogP contribution in [0.4, 0.5) is 4.39 Å². The molecule has 2 aromatic heterocycles. The zero-order chi connectivity index (χ0) is 17.9. The maximum atomic E-state index is 13.2. The number of rotatable bonds is 6. The fraction of sp³-hybridized carbons (Fsp3) is 0.118. The van der Waals surface area contributed by atoms with Crippen molar-refractivity contribution in [1.82, 2.24) is 5.32 Å². The minimum absolute atomic E-state index is 0.0892. The predicted octanol–water partition coefficient (Wildman–Crippen LogP) is 3.43. The summed E-state index contributed by atoms with van der Waals surface area (Å²) >= 11 is 1.09. The second-order valence-corrected chi connectivity index (χ2v) is 8.51. The van der Waals surface area contributed by atoms with Gasteiger partial charge in [-0.1, -0.05) is 18.2 Å². The molecule has 3 rings (SSSR count). The number of carbonyl (C=O) groups excluding carboxylic acids is 1. The van der Waals surface area contributed by atoms with Crippen LogP contribution in [-0.2, 0) is 9.84 Å². The van der Waals surface area contributed by atoms with E-state index in [1.54, 1.807) is 17.5 Å². The summed E-state index contributed by atoms with van der Waals surface area (Å²) in [7, 11) is -3.74. The molecule has 0 saturated carbocycles. The van der Waals surface area contributed by atoms with Crippen LogP contribution >= 0.6 is 11.3 Å². The van der Waals surface area contributed by atoms with Gasteiger partial charge in [-0.15, -0.1) is 11.3 Å². The van der Waals surface area contributed by atoms with Crippen molar-refractivity contribution in [3.8, 4) is 0 Å². The third-order valence-electron chi connectivity index (χ3n) is 3.58. The molecule has 0 saturated heterocycles. The number of halogens is 1. The quantitative estimate of drug-likeness (QED) is 0.712. The molecule has 0 aliphatic heterocycles. The SMILES string of the molecule is O=C(NC[C@@H](c1ccc(F)cc1)S(=O)(=O)c1cccs1)c1ccco1. The number of thiophene rings is 1. The molecule has 25 heavy (non-hydrogen) atoms. The smallest absolute Gasteiger partial charge is 0.287 e. The molecule has 0 radical (unpaired) electrons. The molecule has 2 heterocycles. The molecule has 5 nitrogen and oxygen atoms in total. The van der Waals surface area contributed by atoms with Gasteiger partial charge in [0.25, 0.3) is 5.91 Å². The molecular weight excluding hydrogens is 365 g/mol. The third kappa shape index (κ3) is 3.80. The third-order valence-corrected chi connectivity index (χ3v) is 7.12. The molecule has 130 valence electrons. The second kappa shape index (κ2) is 7.20. The van der Waals surface area contributed by atoms with Gasteiger partial charge in [0.15, 0.2) is 15.6 Å². The fourth-order valence-electron chi connectivity index (χ4n) is 2.33. The van der Waals surface area contributed by atoms with Crippen molar-refractivity contribution in [2.24, 2.45) is 0 Å². The topological polar surface area (TPSA) is 76.4 Å². The van der Waals surface area contributed by atoms with E-state index in [2.05, 4.69) is 5.32 Å². The largest absolute Gasteiger partial charge is 0.459 e. The highest BCUT2D eigenvalue weighted by molar-refractivity contribution is 7.93. The minimum Gasteiger partial charge on any atom is -0.459 e. The Balaban J connectivity index is 1.89. The lowest BCUT2D eigenvalue weighted by Crippen LogP contribution is -2.31. The number of benzene rings is 1. The predicted molar refractivity (Wildman–Crippen MR) is 91.7 cm³/mol. The van der Waals surface area contributed by atoms with E-state index in [-0.39, 0.29) is 16.5 Å². The van der Waals surface area contributed by atoms with Crippen LogP contribution < -0.4 is 5.32 Å². The highest BCUT2D eigenvalue weighted by atomic mass is 32.2. The number of hydrogen-bond donors (Lipinski definition) is 1. The number of amides is 1. The lowest BCUT2D eigenvalue weighted by molar-refractivity contribution is 0.0926. The van der Waals surface area contributed by atoms with Gasteiger partial charge in [-0.2, -0.15) is 0 Å². The van der Waals surface area contributed by atoms with Crippen molar-refractivity contribution in [2.75, 3.05) is 6.54 Å². The summed E-state index contributed by atoms with van der Waals surface area (Å²) in [6.07, 6.45) is 1.36. The molecular formula is C17H14FNO4S2. The van der Waals surface area contributed by atoms with Gasteiger partial charge < -0.3 is 9.73 Å². The summed E-state index contributed by atoms with van der Waals surface area (Å²) in [4.78, 5) is 12.1. The Morgan fingerprint density at radius 3 is 2.52 bits per heavy atom. The first-order valence-corrected chi connectivity index (χ1v) is 9.75. The Morgan fingerprint density at radius 1 is 1.16 bits per heavy atom. The summed E-state index contributed by atoms with van der Waals surface area (Å²) in [6, 6.07) is 11.4. The number of carbonyl (C=O) groups is 1. The van der Waals surface area contributed by atoms with Crippen molar-refractivity contribution in [3.05, 3.63) is 77.3 Å². The molecule has 1 N–H and O–H groups in total. The van der Waals surface area contributed by atoms with E-state index in [4.69, 9.17) is 4.42 Å². The summed E-state index contributed by atoms with van der Waals surface area (Å²) in [5, 5.41) is 3.19. The molecule has 0 unspecified atom stereocenters. The molecule has 0 spiro atoms. The van der Waals surface area contributed by atoms with E-state index < -0.39 is 26.8 Å². The minimum atomic E-state index is -3.74. The lowest BCUT2D eigenvalue weighted by Gasteiger charge is -2.18. The lowest BCUT2D eigenvalue weighted by atomic mass is 10.1. The number of nitrogens with one attached hydrogen (secondary N) is 1. The van der Waals surface area contributed by atoms with Crippen LogP contribution in [0.15, 0.2) is 68.8 Å². The van der Waals surface area contributed by atoms with Crippen LogP contribution in [-0.4, -0.2) is 20.9 Å².